The van der Waals surface area contributed by atoms with Gasteiger partial charge in [-0.1, -0.05) is 25.7 Å². The topological polar surface area (TPSA) is 95.4 Å². The van der Waals surface area contributed by atoms with Crippen LogP contribution in [0.1, 0.15) is 49.5 Å². The molecule has 0 spiro atoms. The van der Waals surface area contributed by atoms with Crippen molar-refractivity contribution in [2.45, 2.75) is 45.8 Å². The first kappa shape index (κ1) is 26.9. The number of pyridine rings is 1. The van der Waals surface area contributed by atoms with E-state index in [0.29, 0.717) is 44.0 Å². The molecule has 192 valence electrons. The van der Waals surface area contributed by atoms with Gasteiger partial charge in [0.25, 0.3) is 5.91 Å². The van der Waals surface area contributed by atoms with Gasteiger partial charge in [-0.05, 0) is 19.4 Å². The van der Waals surface area contributed by atoms with Crippen LogP contribution in [-0.4, -0.2) is 108 Å². The van der Waals surface area contributed by atoms with Gasteiger partial charge in [0.1, 0.15) is 11.7 Å². The number of aromatic nitrogens is 1. The summed E-state index contributed by atoms with van der Waals surface area (Å²) in [4.78, 5) is 36.2. The molecule has 0 saturated carbocycles. The van der Waals surface area contributed by atoms with Crippen LogP contribution in [0.15, 0.2) is 12.3 Å². The fourth-order valence-corrected chi connectivity index (χ4v) is 4.12. The lowest BCUT2D eigenvalue weighted by molar-refractivity contribution is -0.133. The molecule has 0 radical (unpaired) electrons. The molecule has 3 rings (SSSR count). The van der Waals surface area contributed by atoms with Gasteiger partial charge in [-0.15, -0.1) is 0 Å². The van der Waals surface area contributed by atoms with E-state index in [1.54, 1.807) is 29.1 Å². The molecule has 1 saturated heterocycles. The molecule has 0 aliphatic carbocycles. The molecule has 1 N–H and O–H groups in total. The number of rotatable bonds is 7. The first-order chi connectivity index (χ1) is 16.8. The Balaban J connectivity index is 1.83. The number of aliphatic hydroxyl groups excluding tert-OH is 1. The lowest BCUT2D eigenvalue weighted by Crippen LogP contribution is -2.51. The summed E-state index contributed by atoms with van der Waals surface area (Å²) in [7, 11) is 1.78. The molecule has 9 heteroatoms. The zero-order chi connectivity index (χ0) is 25.4. The van der Waals surface area contributed by atoms with E-state index in [4.69, 9.17) is 9.47 Å². The van der Waals surface area contributed by atoms with Crippen molar-refractivity contribution in [1.82, 2.24) is 19.7 Å². The summed E-state index contributed by atoms with van der Waals surface area (Å²) in [6, 6.07) is 1.34. The van der Waals surface area contributed by atoms with Gasteiger partial charge < -0.3 is 24.4 Å². The van der Waals surface area contributed by atoms with Crippen molar-refractivity contribution >= 4 is 11.8 Å². The SMILES string of the molecule is CCCC#Cc1cnc2c(c1)C(=O)N([C@@H](C)CO)C[C@H](C)[C@@H](CN(C)C(=O)CN1CCOCC1)O2. The Morgan fingerprint density at radius 1 is 1.37 bits per heavy atom. The second kappa shape index (κ2) is 12.9. The van der Waals surface area contributed by atoms with Gasteiger partial charge in [0, 0.05) is 50.8 Å². The van der Waals surface area contributed by atoms with E-state index in [-0.39, 0.29) is 42.4 Å². The summed E-state index contributed by atoms with van der Waals surface area (Å²) in [5, 5.41) is 9.81. The Bertz CT molecular complexity index is 937. The van der Waals surface area contributed by atoms with E-state index in [1.165, 1.54) is 0 Å². The third-order valence-electron chi connectivity index (χ3n) is 6.47. The van der Waals surface area contributed by atoms with E-state index < -0.39 is 0 Å². The Hall–Kier alpha value is -2.67. The number of carbonyl (C=O) groups is 2. The quantitative estimate of drug-likeness (QED) is 0.580. The number of ether oxygens (including phenoxy) is 2. The Kier molecular flexibility index (Phi) is 9.90. The smallest absolute Gasteiger partial charge is 0.259 e. The minimum absolute atomic E-state index is 0.0103. The molecule has 35 heavy (non-hydrogen) atoms. The molecular weight excluding hydrogens is 448 g/mol. The van der Waals surface area contributed by atoms with E-state index in [2.05, 4.69) is 28.6 Å². The normalized spacial score (nSPS) is 21.6. The first-order valence-corrected chi connectivity index (χ1v) is 12.5. The van der Waals surface area contributed by atoms with E-state index in [9.17, 15) is 14.7 Å². The van der Waals surface area contributed by atoms with Crippen molar-refractivity contribution in [3.8, 4) is 17.7 Å². The number of unbranched alkanes of at least 4 members (excludes halogenated alkanes) is 1. The molecule has 2 aliphatic heterocycles. The highest BCUT2D eigenvalue weighted by Gasteiger charge is 2.34. The highest BCUT2D eigenvalue weighted by Crippen LogP contribution is 2.27. The third kappa shape index (κ3) is 7.17. The maximum absolute atomic E-state index is 13.4. The summed E-state index contributed by atoms with van der Waals surface area (Å²) < 4.78 is 11.6. The summed E-state index contributed by atoms with van der Waals surface area (Å²) in [5.41, 5.74) is 0.974. The predicted molar refractivity (Wildman–Crippen MR) is 132 cm³/mol. The van der Waals surface area contributed by atoms with E-state index >= 15 is 0 Å². The molecule has 3 atom stereocenters. The predicted octanol–water partition coefficient (Wildman–Crippen LogP) is 1.24. The van der Waals surface area contributed by atoms with E-state index in [0.717, 1.165) is 25.9 Å². The van der Waals surface area contributed by atoms with Gasteiger partial charge in [0.2, 0.25) is 11.8 Å². The number of likely N-dealkylation sites (N-methyl/N-ethyl adjacent to an activating group) is 1. The van der Waals surface area contributed by atoms with Crippen molar-refractivity contribution in [2.75, 3.05) is 59.6 Å². The number of aliphatic hydroxyl groups is 1. The molecule has 3 heterocycles. The summed E-state index contributed by atoms with van der Waals surface area (Å²) in [6.07, 6.45) is 2.95. The molecular formula is C26H38N4O5. The van der Waals surface area contributed by atoms with Crippen LogP contribution in [-0.2, 0) is 9.53 Å². The van der Waals surface area contributed by atoms with Crippen molar-refractivity contribution in [3.05, 3.63) is 23.4 Å². The number of morpholine rings is 1. The molecule has 2 aliphatic rings. The van der Waals surface area contributed by atoms with Crippen molar-refractivity contribution in [1.29, 1.82) is 0 Å². The molecule has 1 aromatic heterocycles. The monoisotopic (exact) mass is 486 g/mol. The maximum atomic E-state index is 13.4. The number of hydrogen-bond donors (Lipinski definition) is 1. The number of carbonyl (C=O) groups excluding carboxylic acids is 2. The Morgan fingerprint density at radius 3 is 2.80 bits per heavy atom. The van der Waals surface area contributed by atoms with Crippen molar-refractivity contribution < 1.29 is 24.2 Å². The second-order valence-corrected chi connectivity index (χ2v) is 9.41. The largest absolute Gasteiger partial charge is 0.472 e. The fourth-order valence-electron chi connectivity index (χ4n) is 4.12. The molecule has 0 aromatic carbocycles. The summed E-state index contributed by atoms with van der Waals surface area (Å²) in [6.45, 7) is 9.56. The number of fused-ring (bicyclic) bond motifs is 1. The summed E-state index contributed by atoms with van der Waals surface area (Å²) in [5.74, 6) is 6.05. The molecule has 1 fully saturated rings. The third-order valence-corrected chi connectivity index (χ3v) is 6.47. The van der Waals surface area contributed by atoms with Crippen LogP contribution in [0.5, 0.6) is 5.88 Å². The van der Waals surface area contributed by atoms with E-state index in [1.807, 2.05) is 13.8 Å². The van der Waals surface area contributed by atoms with Crippen LogP contribution in [0.4, 0.5) is 0 Å². The Morgan fingerprint density at radius 2 is 2.11 bits per heavy atom. The minimum atomic E-state index is -0.376. The van der Waals surface area contributed by atoms with Crippen LogP contribution in [0.25, 0.3) is 0 Å². The lowest BCUT2D eigenvalue weighted by Gasteiger charge is -2.38. The molecule has 1 aromatic rings. The van der Waals surface area contributed by atoms with Crippen molar-refractivity contribution in [3.63, 3.8) is 0 Å². The van der Waals surface area contributed by atoms with Crippen molar-refractivity contribution in [2.24, 2.45) is 5.92 Å². The molecule has 0 unspecified atom stereocenters. The van der Waals surface area contributed by atoms with Crippen LogP contribution < -0.4 is 4.74 Å². The standard InChI is InChI=1S/C26H38N4O5/c1-5-6-7-8-21-13-22-25(27-14-21)35-23(19(2)15-30(26(22)33)20(3)18-31)16-28(4)24(32)17-29-9-11-34-12-10-29/h13-14,19-20,23,31H,5-6,9-12,15-18H2,1-4H3/t19-,20-,23+/m0/s1. The molecule has 2 amide bonds. The van der Waals surface area contributed by atoms with Gasteiger partial charge in [0.15, 0.2) is 0 Å². The highest BCUT2D eigenvalue weighted by molar-refractivity contribution is 5.97. The van der Waals surface area contributed by atoms with Gasteiger partial charge in [-0.2, -0.15) is 0 Å². The highest BCUT2D eigenvalue weighted by atomic mass is 16.5. The zero-order valence-electron chi connectivity index (χ0n) is 21.3. The Labute approximate surface area is 208 Å². The fraction of sp³-hybridized carbons (Fsp3) is 0.654. The maximum Gasteiger partial charge on any atom is 0.259 e. The minimum Gasteiger partial charge on any atom is -0.472 e. The van der Waals surface area contributed by atoms with Crippen LogP contribution >= 0.6 is 0 Å². The number of nitrogens with zero attached hydrogens (tertiary/aromatic N) is 4. The summed E-state index contributed by atoms with van der Waals surface area (Å²) >= 11 is 0. The zero-order valence-corrected chi connectivity index (χ0v) is 21.3. The second-order valence-electron chi connectivity index (χ2n) is 9.41. The first-order valence-electron chi connectivity index (χ1n) is 12.5. The van der Waals surface area contributed by atoms with Crippen LogP contribution in [0.3, 0.4) is 0 Å². The van der Waals surface area contributed by atoms with Crippen LogP contribution in [0, 0.1) is 17.8 Å². The average Bonchev–Trinajstić information content (AvgIpc) is 2.86. The van der Waals surface area contributed by atoms with Gasteiger partial charge in [-0.3, -0.25) is 14.5 Å². The molecule has 0 bridgehead atoms. The van der Waals surface area contributed by atoms with Gasteiger partial charge in [0.05, 0.1) is 39.0 Å². The number of hydrogen-bond acceptors (Lipinski definition) is 7. The van der Waals surface area contributed by atoms with Crippen LogP contribution in [0.2, 0.25) is 0 Å². The van der Waals surface area contributed by atoms with Gasteiger partial charge >= 0.3 is 0 Å². The molecule has 9 nitrogen and oxygen atoms in total. The average molecular weight is 487 g/mol. The van der Waals surface area contributed by atoms with Gasteiger partial charge in [-0.25, -0.2) is 4.98 Å². The lowest BCUT2D eigenvalue weighted by atomic mass is 10.00. The number of amides is 2.